The Morgan fingerprint density at radius 2 is 1.70 bits per heavy atom. The molecule has 0 aromatic heterocycles. The fraction of sp³-hybridized carbons (Fsp3) is 0.318. The molecule has 0 spiro atoms. The Kier molecular flexibility index (Phi) is 7.61. The number of methoxy groups -OCH3 is 1. The first-order valence-corrected chi connectivity index (χ1v) is 9.79. The number of benzene rings is 2. The van der Waals surface area contributed by atoms with Gasteiger partial charge in [-0.1, -0.05) is 6.07 Å². The number of aliphatic hydroxyl groups excluding tert-OH is 3. The number of aliphatic hydroxyl groups is 3. The number of phenols is 3. The second-order valence-electron chi connectivity index (χ2n) is 7.18. The van der Waals surface area contributed by atoms with Crippen LogP contribution < -0.4 is 9.47 Å². The number of carbonyl (C=O) groups excluding carboxylic acids is 1. The third-order valence-corrected chi connectivity index (χ3v) is 4.87. The molecule has 1 saturated heterocycles. The van der Waals surface area contributed by atoms with Gasteiger partial charge in [-0.3, -0.25) is 0 Å². The lowest BCUT2D eigenvalue weighted by Crippen LogP contribution is -2.60. The van der Waals surface area contributed by atoms with Gasteiger partial charge in [0.1, 0.15) is 36.8 Å². The lowest BCUT2D eigenvalue weighted by Gasteiger charge is -2.39. The summed E-state index contributed by atoms with van der Waals surface area (Å²) < 4.78 is 21.0. The molecule has 0 radical (unpaired) electrons. The molecule has 2 aromatic rings. The van der Waals surface area contributed by atoms with Crippen molar-refractivity contribution in [1.82, 2.24) is 0 Å². The van der Waals surface area contributed by atoms with E-state index in [2.05, 4.69) is 0 Å². The second kappa shape index (κ2) is 10.4. The lowest BCUT2D eigenvalue weighted by molar-refractivity contribution is -0.278. The molecule has 178 valence electrons. The monoisotopic (exact) mass is 464 g/mol. The quantitative estimate of drug-likeness (QED) is 0.188. The van der Waals surface area contributed by atoms with Crippen molar-refractivity contribution in [3.05, 3.63) is 48.0 Å². The highest BCUT2D eigenvalue weighted by Gasteiger charge is 2.45. The summed E-state index contributed by atoms with van der Waals surface area (Å²) in [6, 6.07) is 7.98. The Morgan fingerprint density at radius 3 is 2.39 bits per heavy atom. The maximum Gasteiger partial charge on any atom is 0.330 e. The van der Waals surface area contributed by atoms with Crippen molar-refractivity contribution < 1.29 is 54.4 Å². The Labute approximate surface area is 188 Å². The maximum absolute atomic E-state index is 12.0. The van der Waals surface area contributed by atoms with Gasteiger partial charge in [0.25, 0.3) is 0 Å². The van der Waals surface area contributed by atoms with Gasteiger partial charge in [-0.15, -0.1) is 0 Å². The number of ether oxygens (including phenoxy) is 4. The third-order valence-electron chi connectivity index (χ3n) is 4.87. The fourth-order valence-corrected chi connectivity index (χ4v) is 3.04. The van der Waals surface area contributed by atoms with Gasteiger partial charge in [-0.2, -0.15) is 0 Å². The zero-order valence-electron chi connectivity index (χ0n) is 17.4. The van der Waals surface area contributed by atoms with Crippen molar-refractivity contribution in [3.63, 3.8) is 0 Å². The molecule has 1 heterocycles. The fourth-order valence-electron chi connectivity index (χ4n) is 3.04. The summed E-state index contributed by atoms with van der Waals surface area (Å²) >= 11 is 0. The van der Waals surface area contributed by atoms with E-state index >= 15 is 0 Å². The number of carbonyl (C=O) groups is 1. The van der Waals surface area contributed by atoms with Crippen LogP contribution in [0.5, 0.6) is 28.7 Å². The summed E-state index contributed by atoms with van der Waals surface area (Å²) in [5.74, 6) is -1.34. The molecule has 3 rings (SSSR count). The number of esters is 1. The average molecular weight is 464 g/mol. The van der Waals surface area contributed by atoms with Crippen molar-refractivity contribution in [3.8, 4) is 28.7 Å². The van der Waals surface area contributed by atoms with Gasteiger partial charge in [0.05, 0.1) is 7.11 Å². The number of hydrogen-bond donors (Lipinski definition) is 6. The number of hydrogen-bond acceptors (Lipinski definition) is 11. The molecule has 0 aliphatic carbocycles. The van der Waals surface area contributed by atoms with Crippen molar-refractivity contribution >= 4 is 12.0 Å². The Bertz CT molecular complexity index is 1010. The third kappa shape index (κ3) is 5.84. The summed E-state index contributed by atoms with van der Waals surface area (Å²) in [4.78, 5) is 12.0. The largest absolute Gasteiger partial charge is 0.504 e. The van der Waals surface area contributed by atoms with Crippen LogP contribution in [0.2, 0.25) is 0 Å². The van der Waals surface area contributed by atoms with Crippen LogP contribution in [0.15, 0.2) is 42.5 Å². The standard InChI is InChI=1S/C22H24O11/c1-30-16-9-12(4-6-14(16)24)32-22-21(29)20(28)19(27)17(33-22)10-31-18(26)7-3-11-2-5-13(23)15(25)8-11/h2-9,17,19-25,27-29H,10H2,1H3. The first-order chi connectivity index (χ1) is 15.7. The smallest absolute Gasteiger partial charge is 0.330 e. The first kappa shape index (κ1) is 24.1. The first-order valence-electron chi connectivity index (χ1n) is 9.79. The number of aromatic hydroxyl groups is 3. The molecule has 11 nitrogen and oxygen atoms in total. The molecule has 0 saturated carbocycles. The van der Waals surface area contributed by atoms with E-state index in [0.29, 0.717) is 5.56 Å². The van der Waals surface area contributed by atoms with Gasteiger partial charge < -0.3 is 49.6 Å². The zero-order valence-corrected chi connectivity index (χ0v) is 17.4. The molecule has 0 amide bonds. The molecule has 1 aliphatic heterocycles. The average Bonchev–Trinajstić information content (AvgIpc) is 2.80. The normalized spacial score (nSPS) is 25.0. The van der Waals surface area contributed by atoms with E-state index < -0.39 is 43.3 Å². The summed E-state index contributed by atoms with van der Waals surface area (Å²) in [7, 11) is 1.34. The van der Waals surface area contributed by atoms with Crippen LogP contribution in [0.3, 0.4) is 0 Å². The minimum absolute atomic E-state index is 0.109. The summed E-state index contributed by atoms with van der Waals surface area (Å²) in [5, 5.41) is 59.0. The highest BCUT2D eigenvalue weighted by atomic mass is 16.7. The van der Waals surface area contributed by atoms with Gasteiger partial charge >= 0.3 is 5.97 Å². The minimum Gasteiger partial charge on any atom is -0.504 e. The van der Waals surface area contributed by atoms with E-state index in [0.717, 1.165) is 6.08 Å². The van der Waals surface area contributed by atoms with E-state index in [4.69, 9.17) is 18.9 Å². The van der Waals surface area contributed by atoms with Gasteiger partial charge in [0.2, 0.25) is 6.29 Å². The Morgan fingerprint density at radius 1 is 0.970 bits per heavy atom. The van der Waals surface area contributed by atoms with Crippen molar-refractivity contribution in [2.45, 2.75) is 30.7 Å². The van der Waals surface area contributed by atoms with Crippen molar-refractivity contribution in [1.29, 1.82) is 0 Å². The van der Waals surface area contributed by atoms with Crippen LogP contribution in [0.1, 0.15) is 5.56 Å². The second-order valence-corrected chi connectivity index (χ2v) is 7.18. The molecule has 1 aliphatic rings. The topological polar surface area (TPSA) is 175 Å². The van der Waals surface area contributed by atoms with Crippen molar-refractivity contribution in [2.24, 2.45) is 0 Å². The van der Waals surface area contributed by atoms with Crippen LogP contribution in [-0.4, -0.2) is 81.0 Å². The Balaban J connectivity index is 1.61. The van der Waals surface area contributed by atoms with Gasteiger partial charge in [0.15, 0.2) is 23.0 Å². The maximum atomic E-state index is 12.0. The van der Waals surface area contributed by atoms with E-state index in [1.54, 1.807) is 0 Å². The zero-order chi connectivity index (χ0) is 24.1. The molecule has 1 fully saturated rings. The van der Waals surface area contributed by atoms with E-state index in [9.17, 15) is 35.4 Å². The molecule has 11 heteroatoms. The molecule has 5 unspecified atom stereocenters. The Hall–Kier alpha value is -3.51. The summed E-state index contributed by atoms with van der Waals surface area (Å²) in [5.41, 5.74) is 0.424. The lowest BCUT2D eigenvalue weighted by atomic mass is 9.99. The highest BCUT2D eigenvalue weighted by Crippen LogP contribution is 2.32. The van der Waals surface area contributed by atoms with Crippen LogP contribution in [0, 0.1) is 0 Å². The van der Waals surface area contributed by atoms with Gasteiger partial charge in [-0.25, -0.2) is 4.79 Å². The predicted octanol–water partition coefficient (Wildman–Crippen LogP) is 0.255. The van der Waals surface area contributed by atoms with Gasteiger partial charge in [-0.05, 0) is 35.9 Å². The SMILES string of the molecule is COc1cc(OC2OC(COC(=O)C=Cc3ccc(O)c(O)c3)C(O)C(O)C2O)ccc1O. The summed E-state index contributed by atoms with van der Waals surface area (Å²) in [6.07, 6.45) is -5.08. The molecule has 33 heavy (non-hydrogen) atoms. The van der Waals surface area contributed by atoms with E-state index in [1.807, 2.05) is 0 Å². The summed E-state index contributed by atoms with van der Waals surface area (Å²) in [6.45, 7) is -0.465. The molecule has 6 N–H and O–H groups in total. The van der Waals surface area contributed by atoms with Crippen LogP contribution in [0.4, 0.5) is 0 Å². The molecule has 2 aromatic carbocycles. The van der Waals surface area contributed by atoms with E-state index in [-0.39, 0.29) is 28.7 Å². The van der Waals surface area contributed by atoms with Crippen LogP contribution in [-0.2, 0) is 14.3 Å². The molecule has 5 atom stereocenters. The predicted molar refractivity (Wildman–Crippen MR) is 112 cm³/mol. The molecular formula is C22H24O11. The minimum atomic E-state index is -1.65. The van der Waals surface area contributed by atoms with Crippen molar-refractivity contribution in [2.75, 3.05) is 13.7 Å². The molecular weight excluding hydrogens is 440 g/mol. The van der Waals surface area contributed by atoms with Crippen LogP contribution >= 0.6 is 0 Å². The van der Waals surface area contributed by atoms with Crippen LogP contribution in [0.25, 0.3) is 6.08 Å². The van der Waals surface area contributed by atoms with E-state index in [1.165, 1.54) is 49.6 Å². The number of rotatable bonds is 7. The molecule has 0 bridgehead atoms. The highest BCUT2D eigenvalue weighted by molar-refractivity contribution is 5.87. The van der Waals surface area contributed by atoms with Gasteiger partial charge in [0, 0.05) is 12.1 Å². The number of phenolic OH excluding ortho intramolecular Hbond substituents is 3.